The Balaban J connectivity index is 1.61. The molecule has 0 aliphatic carbocycles. The molecule has 2 aromatic heterocycles. The van der Waals surface area contributed by atoms with Crippen LogP contribution in [-0.4, -0.2) is 46.5 Å². The molecule has 0 fully saturated rings. The Kier molecular flexibility index (Phi) is 7.65. The zero-order valence-electron chi connectivity index (χ0n) is 19.1. The fourth-order valence-electron chi connectivity index (χ4n) is 3.64. The van der Waals surface area contributed by atoms with Crippen molar-refractivity contribution in [3.63, 3.8) is 0 Å². The van der Waals surface area contributed by atoms with Crippen LogP contribution in [0, 0.1) is 11.8 Å². The van der Waals surface area contributed by atoms with Gasteiger partial charge in [0.15, 0.2) is 5.75 Å². The Morgan fingerprint density at radius 2 is 1.71 bits per heavy atom. The predicted molar refractivity (Wildman–Crippen MR) is 132 cm³/mol. The van der Waals surface area contributed by atoms with E-state index in [1.807, 2.05) is 48.5 Å². The van der Waals surface area contributed by atoms with Crippen LogP contribution < -0.4 is 15.5 Å². The number of methoxy groups -OCH3 is 1. The van der Waals surface area contributed by atoms with Crippen LogP contribution in [0.15, 0.2) is 67.0 Å². The van der Waals surface area contributed by atoms with Gasteiger partial charge in [0.2, 0.25) is 0 Å². The van der Waals surface area contributed by atoms with Gasteiger partial charge in [0.25, 0.3) is 5.91 Å². The van der Waals surface area contributed by atoms with Gasteiger partial charge in [0.1, 0.15) is 5.69 Å². The van der Waals surface area contributed by atoms with Gasteiger partial charge in [-0.05, 0) is 35.9 Å². The van der Waals surface area contributed by atoms with Crippen LogP contribution in [0.4, 0.5) is 0 Å². The number of carbonyl (C=O) groups is 1. The first-order valence-electron chi connectivity index (χ1n) is 10.9. The number of hydrogen-bond acceptors (Lipinski definition) is 7. The summed E-state index contributed by atoms with van der Waals surface area (Å²) in [5.41, 5.74) is 6.42. The van der Waals surface area contributed by atoms with Crippen LogP contribution in [0.3, 0.4) is 0 Å². The molecule has 0 spiro atoms. The van der Waals surface area contributed by atoms with Gasteiger partial charge < -0.3 is 15.2 Å². The van der Waals surface area contributed by atoms with Crippen LogP contribution >= 0.6 is 0 Å². The highest BCUT2D eigenvalue weighted by molar-refractivity contribution is 6.09. The fourth-order valence-corrected chi connectivity index (χ4v) is 3.64. The molecule has 0 bridgehead atoms. The van der Waals surface area contributed by atoms with Gasteiger partial charge in [-0.15, -0.1) is 0 Å². The molecule has 0 saturated heterocycles. The number of aliphatic hydroxyl groups is 1. The largest absolute Gasteiger partial charge is 0.494 e. The molecule has 35 heavy (non-hydrogen) atoms. The summed E-state index contributed by atoms with van der Waals surface area (Å²) >= 11 is 0. The number of aliphatic hydroxyl groups excluding tert-OH is 1. The summed E-state index contributed by atoms with van der Waals surface area (Å²) in [6, 6.07) is 17.1. The summed E-state index contributed by atoms with van der Waals surface area (Å²) in [7, 11) is 1.45. The summed E-state index contributed by atoms with van der Waals surface area (Å²) in [6.45, 7) is 1.37. The second kappa shape index (κ2) is 11.2. The lowest BCUT2D eigenvalue weighted by Gasteiger charge is -2.14. The Morgan fingerprint density at radius 1 is 1.03 bits per heavy atom. The van der Waals surface area contributed by atoms with Gasteiger partial charge in [-0.25, -0.2) is 10.5 Å². The maximum absolute atomic E-state index is 12.4. The van der Waals surface area contributed by atoms with E-state index in [1.54, 1.807) is 17.7 Å². The van der Waals surface area contributed by atoms with Gasteiger partial charge in [0.05, 0.1) is 24.8 Å². The number of amides is 1. The lowest BCUT2D eigenvalue weighted by Crippen LogP contribution is -2.20. The van der Waals surface area contributed by atoms with Crippen molar-refractivity contribution in [2.75, 3.05) is 20.3 Å². The summed E-state index contributed by atoms with van der Waals surface area (Å²) in [4.78, 5) is 21.2. The molecule has 0 unspecified atom stereocenters. The minimum absolute atomic E-state index is 0.114. The highest BCUT2D eigenvalue weighted by atomic mass is 16.5. The lowest BCUT2D eigenvalue weighted by atomic mass is 10.0. The molecule has 2 heterocycles. The second-order valence-corrected chi connectivity index (χ2v) is 7.63. The quantitative estimate of drug-likeness (QED) is 0.143. The van der Waals surface area contributed by atoms with Crippen molar-refractivity contribution in [3.8, 4) is 28.8 Å². The molecule has 0 radical (unpaired) electrons. The third-order valence-electron chi connectivity index (χ3n) is 5.36. The van der Waals surface area contributed by atoms with E-state index < -0.39 is 5.91 Å². The van der Waals surface area contributed by atoms with Crippen molar-refractivity contribution in [2.24, 2.45) is 0 Å². The molecule has 0 saturated carbocycles. The third kappa shape index (κ3) is 5.45. The zero-order valence-corrected chi connectivity index (χ0v) is 19.1. The summed E-state index contributed by atoms with van der Waals surface area (Å²) in [5, 5.41) is 21.7. The van der Waals surface area contributed by atoms with Crippen LogP contribution in [0.1, 0.15) is 27.0 Å². The summed E-state index contributed by atoms with van der Waals surface area (Å²) in [6.07, 6.45) is 3.10. The maximum atomic E-state index is 12.4. The molecule has 8 nitrogen and oxygen atoms in total. The smallest absolute Gasteiger partial charge is 0.279 e. The standard InChI is InChI=1S/C27H24N4O4/c1-35-26-24(27(33)31-34)22-17-28-13-12-23(22)30-25(26)21-10-8-19(9-11-21)3-2-18-4-6-20(7-5-18)16-29-14-15-32/h4-13,17,29,32,34H,14-16H2,1H3,(H,31,33). The summed E-state index contributed by atoms with van der Waals surface area (Å²) in [5.74, 6) is 5.84. The SMILES string of the molecule is COc1c(-c2ccc(C#Cc3ccc(CNCCO)cc3)cc2)nc2ccncc2c1C(=O)NO. The first kappa shape index (κ1) is 23.9. The number of ether oxygens (including phenoxy) is 1. The van der Waals surface area contributed by atoms with E-state index in [0.717, 1.165) is 22.3 Å². The molecule has 8 heteroatoms. The van der Waals surface area contributed by atoms with Crippen LogP contribution in [0.25, 0.3) is 22.2 Å². The third-order valence-corrected chi connectivity index (χ3v) is 5.36. The molecule has 0 aliphatic rings. The minimum Gasteiger partial charge on any atom is -0.494 e. The molecule has 176 valence electrons. The van der Waals surface area contributed by atoms with Crippen LogP contribution in [0.2, 0.25) is 0 Å². The number of aromatic nitrogens is 2. The van der Waals surface area contributed by atoms with Crippen LogP contribution in [0.5, 0.6) is 5.75 Å². The molecule has 0 aliphatic heterocycles. The van der Waals surface area contributed by atoms with Gasteiger partial charge >= 0.3 is 0 Å². The average Bonchev–Trinajstić information content (AvgIpc) is 2.91. The monoisotopic (exact) mass is 468 g/mol. The minimum atomic E-state index is -0.707. The number of hydrogen-bond donors (Lipinski definition) is 4. The van der Waals surface area contributed by atoms with Gasteiger partial charge in [-0.1, -0.05) is 36.1 Å². The van der Waals surface area contributed by atoms with Gasteiger partial charge in [-0.2, -0.15) is 0 Å². The number of nitrogens with one attached hydrogen (secondary N) is 2. The topological polar surface area (TPSA) is 117 Å². The van der Waals surface area contributed by atoms with E-state index in [2.05, 4.69) is 27.1 Å². The summed E-state index contributed by atoms with van der Waals surface area (Å²) < 4.78 is 5.53. The molecule has 0 atom stereocenters. The maximum Gasteiger partial charge on any atom is 0.279 e. The predicted octanol–water partition coefficient (Wildman–Crippen LogP) is 2.91. The first-order chi connectivity index (χ1) is 17.1. The van der Waals surface area contributed by atoms with Gasteiger partial charge in [-0.3, -0.25) is 15.0 Å². The molecular formula is C27H24N4O4. The molecular weight excluding hydrogens is 444 g/mol. The Morgan fingerprint density at radius 3 is 2.34 bits per heavy atom. The molecule has 4 aromatic rings. The average molecular weight is 469 g/mol. The first-order valence-corrected chi connectivity index (χ1v) is 10.9. The van der Waals surface area contributed by atoms with Crippen molar-refractivity contribution in [1.29, 1.82) is 0 Å². The van der Waals surface area contributed by atoms with Crippen molar-refractivity contribution in [2.45, 2.75) is 6.54 Å². The van der Waals surface area contributed by atoms with E-state index in [0.29, 0.717) is 29.7 Å². The Labute approximate surface area is 202 Å². The van der Waals surface area contributed by atoms with Gasteiger partial charge in [0, 0.05) is 47.6 Å². The van der Waals surface area contributed by atoms with Crippen molar-refractivity contribution in [3.05, 3.63) is 89.2 Å². The molecule has 4 N–H and O–H groups in total. The number of benzene rings is 2. The van der Waals surface area contributed by atoms with Crippen LogP contribution in [-0.2, 0) is 6.54 Å². The van der Waals surface area contributed by atoms with Crippen molar-refractivity contribution in [1.82, 2.24) is 20.8 Å². The zero-order chi connectivity index (χ0) is 24.6. The molecule has 2 aromatic carbocycles. The fraction of sp³-hybridized carbons (Fsp3) is 0.148. The van der Waals surface area contributed by atoms with E-state index >= 15 is 0 Å². The second-order valence-electron chi connectivity index (χ2n) is 7.63. The number of carbonyl (C=O) groups excluding carboxylic acids is 1. The number of nitrogens with zero attached hydrogens (tertiary/aromatic N) is 2. The molecule has 1 amide bonds. The van der Waals surface area contributed by atoms with E-state index in [1.165, 1.54) is 13.3 Å². The highest BCUT2D eigenvalue weighted by Crippen LogP contribution is 2.36. The Hall–Kier alpha value is -4.29. The Bertz CT molecular complexity index is 1390. The van der Waals surface area contributed by atoms with Crippen molar-refractivity contribution >= 4 is 16.8 Å². The van der Waals surface area contributed by atoms with Crippen molar-refractivity contribution < 1.29 is 19.8 Å². The number of hydroxylamine groups is 1. The number of rotatable bonds is 7. The van der Waals surface area contributed by atoms with E-state index in [9.17, 15) is 10.0 Å². The number of pyridine rings is 2. The molecule has 4 rings (SSSR count). The highest BCUT2D eigenvalue weighted by Gasteiger charge is 2.22. The lowest BCUT2D eigenvalue weighted by molar-refractivity contribution is 0.0705. The van der Waals surface area contributed by atoms with E-state index in [4.69, 9.17) is 9.84 Å². The normalized spacial score (nSPS) is 10.5. The van der Waals surface area contributed by atoms with E-state index in [-0.39, 0.29) is 17.9 Å². The number of fused-ring (bicyclic) bond motifs is 1.